The Bertz CT molecular complexity index is 1910. The number of aromatic nitrogens is 4. The first-order chi connectivity index (χ1) is 26.5. The molecule has 4 rings (SSSR count). The Kier molecular flexibility index (Phi) is 17.1. The zero-order valence-corrected chi connectivity index (χ0v) is 37.7. The number of ether oxygens (including phenoxy) is 3. The van der Waals surface area contributed by atoms with Crippen molar-refractivity contribution in [2.24, 2.45) is 17.6 Å². The highest BCUT2D eigenvalue weighted by Gasteiger charge is 2.31. The Morgan fingerprint density at radius 2 is 1.12 bits per heavy atom. The summed E-state index contributed by atoms with van der Waals surface area (Å²) in [6, 6.07) is 15.1. The maximum atomic E-state index is 12.4. The van der Waals surface area contributed by atoms with Gasteiger partial charge in [-0.05, 0) is 108 Å². The number of alkyl carbamates (subject to hydrolysis) is 1. The molecule has 1 amide bonds. The van der Waals surface area contributed by atoms with Crippen LogP contribution in [0.15, 0.2) is 60.9 Å². The van der Waals surface area contributed by atoms with Crippen molar-refractivity contribution in [2.75, 3.05) is 13.2 Å². The number of carbonyl (C=O) groups is 1. The fourth-order valence-electron chi connectivity index (χ4n) is 6.25. The summed E-state index contributed by atoms with van der Waals surface area (Å²) >= 11 is 12.9. The van der Waals surface area contributed by atoms with E-state index in [1.807, 2.05) is 83.1 Å². The highest BCUT2D eigenvalue weighted by atomic mass is 35.5. The zero-order valence-electron chi connectivity index (χ0n) is 36.2. The van der Waals surface area contributed by atoms with E-state index < -0.39 is 17.2 Å². The van der Waals surface area contributed by atoms with E-state index in [4.69, 9.17) is 43.1 Å². The first-order valence-corrected chi connectivity index (χ1v) is 20.5. The molecule has 0 saturated carbocycles. The van der Waals surface area contributed by atoms with Crippen molar-refractivity contribution in [2.45, 2.75) is 131 Å². The minimum Gasteiger partial charge on any atom is -0.490 e. The summed E-state index contributed by atoms with van der Waals surface area (Å²) < 4.78 is 17.4. The molecule has 0 spiro atoms. The number of amides is 1. The van der Waals surface area contributed by atoms with Crippen LogP contribution in [-0.2, 0) is 4.74 Å². The van der Waals surface area contributed by atoms with Gasteiger partial charge in [-0.3, -0.25) is 0 Å². The van der Waals surface area contributed by atoms with Crippen LogP contribution in [0.2, 0.25) is 10.0 Å². The highest BCUT2D eigenvalue weighted by molar-refractivity contribution is 6.32. The third-order valence-electron chi connectivity index (χ3n) is 8.48. The van der Waals surface area contributed by atoms with Crippen LogP contribution in [0.4, 0.5) is 4.79 Å². The van der Waals surface area contributed by atoms with Gasteiger partial charge in [0.1, 0.15) is 42.0 Å². The van der Waals surface area contributed by atoms with Gasteiger partial charge in [-0.2, -0.15) is 0 Å². The smallest absolute Gasteiger partial charge is 0.408 e. The number of hydrogen-bond donors (Lipinski definition) is 2. The topological polar surface area (TPSA) is 134 Å². The molecule has 0 unspecified atom stereocenters. The summed E-state index contributed by atoms with van der Waals surface area (Å²) in [6.45, 7) is 26.9. The Morgan fingerprint density at radius 3 is 1.51 bits per heavy atom. The van der Waals surface area contributed by atoms with E-state index in [0.29, 0.717) is 40.0 Å². The lowest BCUT2D eigenvalue weighted by atomic mass is 9.91. The van der Waals surface area contributed by atoms with Crippen LogP contribution in [-0.4, -0.2) is 55.9 Å². The molecule has 3 N–H and O–H groups in total. The van der Waals surface area contributed by atoms with E-state index >= 15 is 0 Å². The second kappa shape index (κ2) is 20.6. The molecule has 0 aliphatic heterocycles. The minimum atomic E-state index is -0.614. The number of hydrogen-bond acceptors (Lipinski definition) is 9. The second-order valence-electron chi connectivity index (χ2n) is 17.8. The summed E-state index contributed by atoms with van der Waals surface area (Å²) in [5.74, 6) is 4.19. The zero-order chi connectivity index (χ0) is 42.7. The van der Waals surface area contributed by atoms with Crippen molar-refractivity contribution in [1.29, 1.82) is 0 Å². The fraction of sp³-hybridized carbons (Fsp3) is 0.533. The lowest BCUT2D eigenvalue weighted by Gasteiger charge is -2.33. The summed E-state index contributed by atoms with van der Waals surface area (Å²) in [4.78, 5) is 30.2. The molecule has 0 aliphatic carbocycles. The lowest BCUT2D eigenvalue weighted by molar-refractivity contribution is 0.0408. The van der Waals surface area contributed by atoms with Crippen LogP contribution in [0.3, 0.4) is 0 Å². The van der Waals surface area contributed by atoms with Crippen molar-refractivity contribution in [3.05, 3.63) is 82.6 Å². The van der Waals surface area contributed by atoms with Crippen molar-refractivity contribution in [3.8, 4) is 34.0 Å². The predicted molar refractivity (Wildman–Crippen MR) is 233 cm³/mol. The first-order valence-electron chi connectivity index (χ1n) is 19.8. The molecule has 10 nitrogen and oxygen atoms in total. The van der Waals surface area contributed by atoms with Crippen molar-refractivity contribution in [3.63, 3.8) is 0 Å². The summed E-state index contributed by atoms with van der Waals surface area (Å²) in [6.07, 6.45) is 4.69. The third-order valence-corrected chi connectivity index (χ3v) is 9.07. The van der Waals surface area contributed by atoms with E-state index in [2.05, 4.69) is 80.6 Å². The van der Waals surface area contributed by atoms with Crippen molar-refractivity contribution in [1.82, 2.24) is 25.3 Å². The van der Waals surface area contributed by atoms with Crippen LogP contribution in [0.1, 0.15) is 126 Å². The SMILES string of the molecule is CC(C)C[C@@](C)(COc1ccc(-c2ccnc(C(C)C)n2)cc1Cl)NC(=O)OC(C)(C)C.CC(C)C[C@](C)(N)COc1ccc(-c2ccnc(C(C)C)n2)cc1Cl. The molecule has 57 heavy (non-hydrogen) atoms. The maximum Gasteiger partial charge on any atom is 0.408 e. The molecule has 0 bridgehead atoms. The number of rotatable bonds is 15. The normalized spacial score (nSPS) is 13.8. The molecule has 0 aliphatic rings. The standard InChI is InChI=1S/C25H36ClN3O3.C20H28ClN3O/c1-16(2)14-25(8,29-23(30)32-24(5,6)7)15-31-21-10-9-18(13-19(21)26)20-11-12-27-22(28-20)17(3)4;1-13(2)11-20(5,22)12-25-18-7-6-15(10-16(18)21)17-8-9-23-19(24-17)14(3)4/h9-13,16-17H,14-15H2,1-8H3,(H,29,30);6-10,13-14H,11-12,22H2,1-5H3/t25-;20-/m00/s1. The number of benzene rings is 2. The van der Waals surface area contributed by atoms with E-state index in [-0.39, 0.29) is 24.0 Å². The monoisotopic (exact) mass is 822 g/mol. The minimum absolute atomic E-state index is 0.240. The van der Waals surface area contributed by atoms with Gasteiger partial charge in [-0.1, -0.05) is 78.6 Å². The molecule has 0 saturated heterocycles. The Labute approximate surface area is 351 Å². The summed E-state index contributed by atoms with van der Waals surface area (Å²) in [5.41, 5.74) is 8.24. The van der Waals surface area contributed by atoms with Crippen LogP contribution in [0.25, 0.3) is 22.5 Å². The Hall–Kier alpha value is -3.99. The van der Waals surface area contributed by atoms with Gasteiger partial charge in [0.15, 0.2) is 0 Å². The highest BCUT2D eigenvalue weighted by Crippen LogP contribution is 2.33. The maximum absolute atomic E-state index is 12.4. The molecule has 0 fully saturated rings. The van der Waals surface area contributed by atoms with E-state index in [0.717, 1.165) is 47.0 Å². The van der Waals surface area contributed by atoms with Gasteiger partial charge in [-0.25, -0.2) is 24.7 Å². The number of nitrogens with one attached hydrogen (secondary N) is 1. The third kappa shape index (κ3) is 16.1. The largest absolute Gasteiger partial charge is 0.490 e. The summed E-state index contributed by atoms with van der Waals surface area (Å²) in [7, 11) is 0. The molecule has 2 heterocycles. The number of nitrogens with two attached hydrogens (primary N) is 1. The molecule has 0 radical (unpaired) electrons. The van der Waals surface area contributed by atoms with E-state index in [1.54, 1.807) is 12.4 Å². The molecular formula is C45H64Cl2N6O4. The van der Waals surface area contributed by atoms with E-state index in [9.17, 15) is 4.79 Å². The van der Waals surface area contributed by atoms with E-state index in [1.165, 1.54) is 0 Å². The average Bonchev–Trinajstić information content (AvgIpc) is 3.09. The van der Waals surface area contributed by atoms with Gasteiger partial charge >= 0.3 is 6.09 Å². The van der Waals surface area contributed by atoms with Gasteiger partial charge < -0.3 is 25.3 Å². The summed E-state index contributed by atoms with van der Waals surface area (Å²) in [5, 5.41) is 4.02. The molecule has 12 heteroatoms. The lowest BCUT2D eigenvalue weighted by Crippen LogP contribution is -2.52. The Balaban J connectivity index is 0.000000315. The predicted octanol–water partition coefficient (Wildman–Crippen LogP) is 11.7. The molecule has 2 atom stereocenters. The van der Waals surface area contributed by atoms with Gasteiger partial charge in [0.25, 0.3) is 0 Å². The van der Waals surface area contributed by atoms with Crippen LogP contribution < -0.4 is 20.5 Å². The molecule has 4 aromatic rings. The Morgan fingerprint density at radius 1 is 0.684 bits per heavy atom. The number of carbonyl (C=O) groups excluding carboxylic acids is 1. The molecule has 2 aromatic heterocycles. The van der Waals surface area contributed by atoms with Gasteiger partial charge in [0, 0.05) is 40.9 Å². The van der Waals surface area contributed by atoms with Gasteiger partial charge in [-0.15, -0.1) is 0 Å². The van der Waals surface area contributed by atoms with Crippen LogP contribution in [0, 0.1) is 11.8 Å². The molecular weight excluding hydrogens is 759 g/mol. The number of nitrogens with zero attached hydrogens (tertiary/aromatic N) is 4. The van der Waals surface area contributed by atoms with Crippen LogP contribution >= 0.6 is 23.2 Å². The van der Waals surface area contributed by atoms with Crippen molar-refractivity contribution < 1.29 is 19.0 Å². The quantitative estimate of drug-likeness (QED) is 0.120. The van der Waals surface area contributed by atoms with Gasteiger partial charge in [0.2, 0.25) is 0 Å². The second-order valence-corrected chi connectivity index (χ2v) is 18.6. The molecule has 312 valence electrons. The molecule has 2 aromatic carbocycles. The first kappa shape index (κ1) is 47.4. The van der Waals surface area contributed by atoms with Crippen molar-refractivity contribution >= 4 is 29.3 Å². The average molecular weight is 824 g/mol. The van der Waals surface area contributed by atoms with Gasteiger partial charge in [0.05, 0.1) is 27.0 Å². The fourth-order valence-corrected chi connectivity index (χ4v) is 6.72. The van der Waals surface area contributed by atoms with Crippen LogP contribution in [0.5, 0.6) is 11.5 Å². The number of halogens is 2.